The van der Waals surface area contributed by atoms with Gasteiger partial charge in [-0.2, -0.15) is 0 Å². The Morgan fingerprint density at radius 1 is 0.962 bits per heavy atom. The highest BCUT2D eigenvalue weighted by Crippen LogP contribution is 2.21. The van der Waals surface area contributed by atoms with Crippen molar-refractivity contribution in [2.45, 2.75) is 6.92 Å². The summed E-state index contributed by atoms with van der Waals surface area (Å²) < 4.78 is 5.30. The van der Waals surface area contributed by atoms with Crippen LogP contribution in [0.1, 0.15) is 26.3 Å². The number of benzene rings is 2. The maximum atomic E-state index is 12.7. The number of carbonyl (C=O) groups excluding carboxylic acids is 2. The molecule has 0 unspecified atom stereocenters. The molecule has 1 saturated heterocycles. The Hall–Kier alpha value is -2.53. The number of nitrogens with zero attached hydrogens (tertiary/aromatic N) is 2. The lowest BCUT2D eigenvalue weighted by atomic mass is 10.1. The lowest BCUT2D eigenvalue weighted by Gasteiger charge is -2.35. The van der Waals surface area contributed by atoms with E-state index in [9.17, 15) is 9.59 Å². The number of amides is 2. The van der Waals surface area contributed by atoms with Crippen molar-refractivity contribution in [1.82, 2.24) is 9.80 Å². The van der Waals surface area contributed by atoms with E-state index in [0.717, 1.165) is 5.56 Å². The average Bonchev–Trinajstić information content (AvgIpc) is 2.68. The molecule has 1 fully saturated rings. The summed E-state index contributed by atoms with van der Waals surface area (Å²) in [6, 6.07) is 12.5. The highest BCUT2D eigenvalue weighted by Gasteiger charge is 2.26. The number of carbonyl (C=O) groups is 2. The largest absolute Gasteiger partial charge is 0.496 e. The lowest BCUT2D eigenvalue weighted by Crippen LogP contribution is -2.50. The number of ether oxygens (including phenoxy) is 1. The van der Waals surface area contributed by atoms with Crippen molar-refractivity contribution in [3.05, 3.63) is 64.2 Å². The first-order valence-corrected chi connectivity index (χ1v) is 8.87. The molecule has 0 N–H and O–H groups in total. The number of aryl methyl sites for hydroxylation is 1. The summed E-state index contributed by atoms with van der Waals surface area (Å²) in [5, 5.41) is 0.447. The van der Waals surface area contributed by atoms with Crippen molar-refractivity contribution in [2.24, 2.45) is 0 Å². The average molecular weight is 373 g/mol. The van der Waals surface area contributed by atoms with Crippen LogP contribution in [0.25, 0.3) is 0 Å². The minimum absolute atomic E-state index is 0.0480. The van der Waals surface area contributed by atoms with Crippen LogP contribution in [0.4, 0.5) is 0 Å². The normalized spacial score (nSPS) is 14.3. The molecule has 0 bridgehead atoms. The Labute approximate surface area is 158 Å². The zero-order valence-electron chi connectivity index (χ0n) is 14.9. The van der Waals surface area contributed by atoms with Gasteiger partial charge < -0.3 is 14.5 Å². The minimum atomic E-state index is -0.0975. The molecule has 1 aliphatic heterocycles. The molecular weight excluding hydrogens is 352 g/mol. The SMILES string of the molecule is COc1cc(C(=O)N2CCN(C(=O)c3ccccc3Cl)CC2)ccc1C. The third-order valence-corrected chi connectivity index (χ3v) is 4.94. The highest BCUT2D eigenvalue weighted by molar-refractivity contribution is 6.33. The van der Waals surface area contributed by atoms with E-state index < -0.39 is 0 Å². The van der Waals surface area contributed by atoms with Crippen molar-refractivity contribution >= 4 is 23.4 Å². The summed E-state index contributed by atoms with van der Waals surface area (Å²) in [6.45, 7) is 3.89. The first-order chi connectivity index (χ1) is 12.5. The van der Waals surface area contributed by atoms with Crippen molar-refractivity contribution < 1.29 is 14.3 Å². The zero-order valence-corrected chi connectivity index (χ0v) is 15.6. The summed E-state index contributed by atoms with van der Waals surface area (Å²) in [5.41, 5.74) is 2.08. The maximum absolute atomic E-state index is 12.7. The molecule has 0 aliphatic carbocycles. The molecule has 2 amide bonds. The molecule has 1 aliphatic rings. The van der Waals surface area contributed by atoms with Gasteiger partial charge in [0.2, 0.25) is 0 Å². The van der Waals surface area contributed by atoms with Crippen LogP contribution in [0, 0.1) is 6.92 Å². The van der Waals surface area contributed by atoms with E-state index >= 15 is 0 Å². The van der Waals surface area contributed by atoms with Gasteiger partial charge in [0.25, 0.3) is 11.8 Å². The van der Waals surface area contributed by atoms with Crippen LogP contribution in [0.15, 0.2) is 42.5 Å². The van der Waals surface area contributed by atoms with Gasteiger partial charge in [-0.15, -0.1) is 0 Å². The van der Waals surface area contributed by atoms with E-state index in [-0.39, 0.29) is 11.8 Å². The predicted molar refractivity (Wildman–Crippen MR) is 101 cm³/mol. The number of hydrogen-bond acceptors (Lipinski definition) is 3. The Balaban J connectivity index is 1.66. The second-order valence-corrected chi connectivity index (χ2v) is 6.66. The topological polar surface area (TPSA) is 49.9 Å². The van der Waals surface area contributed by atoms with E-state index in [1.54, 1.807) is 53.3 Å². The van der Waals surface area contributed by atoms with Gasteiger partial charge in [0, 0.05) is 31.7 Å². The summed E-state index contributed by atoms with van der Waals surface area (Å²) >= 11 is 6.11. The second-order valence-electron chi connectivity index (χ2n) is 6.25. The van der Waals surface area contributed by atoms with Gasteiger partial charge in [-0.1, -0.05) is 29.8 Å². The van der Waals surface area contributed by atoms with Gasteiger partial charge in [0.15, 0.2) is 0 Å². The Morgan fingerprint density at radius 3 is 2.19 bits per heavy atom. The van der Waals surface area contributed by atoms with Gasteiger partial charge >= 0.3 is 0 Å². The maximum Gasteiger partial charge on any atom is 0.255 e. The van der Waals surface area contributed by atoms with Crippen molar-refractivity contribution in [2.75, 3.05) is 33.3 Å². The van der Waals surface area contributed by atoms with E-state index in [1.165, 1.54) is 0 Å². The van der Waals surface area contributed by atoms with E-state index in [1.807, 2.05) is 13.0 Å². The smallest absolute Gasteiger partial charge is 0.255 e. The Bertz CT molecular complexity index is 830. The van der Waals surface area contributed by atoms with E-state index in [2.05, 4.69) is 0 Å². The summed E-state index contributed by atoms with van der Waals surface area (Å²) in [4.78, 5) is 28.8. The molecule has 2 aromatic rings. The van der Waals surface area contributed by atoms with Crippen LogP contribution in [-0.4, -0.2) is 54.9 Å². The van der Waals surface area contributed by atoms with E-state index in [0.29, 0.717) is 48.1 Å². The van der Waals surface area contributed by atoms with Crippen LogP contribution in [0.5, 0.6) is 5.75 Å². The van der Waals surface area contributed by atoms with Crippen LogP contribution in [-0.2, 0) is 0 Å². The first kappa shape index (κ1) is 18.3. The van der Waals surface area contributed by atoms with Crippen LogP contribution < -0.4 is 4.74 Å². The molecule has 0 atom stereocenters. The summed E-state index contributed by atoms with van der Waals surface area (Å²) in [7, 11) is 1.59. The predicted octanol–water partition coefficient (Wildman–Crippen LogP) is 3.26. The Kier molecular flexibility index (Phi) is 5.47. The molecule has 0 aromatic heterocycles. The first-order valence-electron chi connectivity index (χ1n) is 8.49. The summed E-state index contributed by atoms with van der Waals surface area (Å²) in [5.74, 6) is 0.552. The van der Waals surface area contributed by atoms with Gasteiger partial charge in [-0.25, -0.2) is 0 Å². The van der Waals surface area contributed by atoms with Crippen molar-refractivity contribution in [1.29, 1.82) is 0 Å². The van der Waals surface area contributed by atoms with Gasteiger partial charge in [-0.3, -0.25) is 9.59 Å². The molecule has 0 saturated carbocycles. The number of halogens is 1. The Morgan fingerprint density at radius 2 is 1.58 bits per heavy atom. The standard InChI is InChI=1S/C20H21ClN2O3/c1-14-7-8-15(13-18(14)26-2)19(24)22-9-11-23(12-10-22)20(25)16-5-3-4-6-17(16)21/h3-8,13H,9-12H2,1-2H3. The number of piperazine rings is 1. The quantitative estimate of drug-likeness (QED) is 0.831. The molecule has 5 nitrogen and oxygen atoms in total. The number of methoxy groups -OCH3 is 1. The van der Waals surface area contributed by atoms with Gasteiger partial charge in [0.05, 0.1) is 17.7 Å². The monoisotopic (exact) mass is 372 g/mol. The summed E-state index contributed by atoms with van der Waals surface area (Å²) in [6.07, 6.45) is 0. The highest BCUT2D eigenvalue weighted by atomic mass is 35.5. The third kappa shape index (κ3) is 3.68. The van der Waals surface area contributed by atoms with Crippen molar-refractivity contribution in [3.63, 3.8) is 0 Å². The second kappa shape index (κ2) is 7.79. The van der Waals surface area contributed by atoms with Gasteiger partial charge in [0.1, 0.15) is 5.75 Å². The third-order valence-electron chi connectivity index (χ3n) is 4.61. The van der Waals surface area contributed by atoms with Gasteiger partial charge in [-0.05, 0) is 36.8 Å². The molecule has 1 heterocycles. The number of hydrogen-bond donors (Lipinski definition) is 0. The fourth-order valence-electron chi connectivity index (χ4n) is 3.05. The fourth-order valence-corrected chi connectivity index (χ4v) is 3.27. The molecular formula is C20H21ClN2O3. The lowest BCUT2D eigenvalue weighted by molar-refractivity contribution is 0.0535. The van der Waals surface area contributed by atoms with Crippen LogP contribution >= 0.6 is 11.6 Å². The minimum Gasteiger partial charge on any atom is -0.496 e. The van der Waals surface area contributed by atoms with Crippen LogP contribution in [0.2, 0.25) is 5.02 Å². The van der Waals surface area contributed by atoms with E-state index in [4.69, 9.17) is 16.3 Å². The molecule has 2 aromatic carbocycles. The molecule has 0 radical (unpaired) electrons. The number of rotatable bonds is 3. The fraction of sp³-hybridized carbons (Fsp3) is 0.300. The molecule has 26 heavy (non-hydrogen) atoms. The van der Waals surface area contributed by atoms with Crippen LogP contribution in [0.3, 0.4) is 0 Å². The molecule has 6 heteroatoms. The molecule has 136 valence electrons. The molecule has 0 spiro atoms. The molecule has 3 rings (SSSR count). The zero-order chi connectivity index (χ0) is 18.7. The van der Waals surface area contributed by atoms with Crippen molar-refractivity contribution in [3.8, 4) is 5.75 Å².